The minimum absolute atomic E-state index is 0.301. The SMILES string of the molecule is Fc1cccc(Cl)c1CSc1nnc(-c2ccccc2Cl)o1. The van der Waals surface area contributed by atoms with Crippen molar-refractivity contribution in [2.45, 2.75) is 11.0 Å². The third kappa shape index (κ3) is 3.27. The summed E-state index contributed by atoms with van der Waals surface area (Å²) in [5.74, 6) is 0.272. The normalized spacial score (nSPS) is 10.9. The van der Waals surface area contributed by atoms with E-state index in [9.17, 15) is 4.39 Å². The Morgan fingerprint density at radius 2 is 1.77 bits per heavy atom. The second-order valence-electron chi connectivity index (χ2n) is 4.34. The van der Waals surface area contributed by atoms with Crippen molar-refractivity contribution in [3.63, 3.8) is 0 Å². The van der Waals surface area contributed by atoms with E-state index in [1.807, 2.05) is 12.1 Å². The molecule has 1 aromatic heterocycles. The maximum atomic E-state index is 13.7. The van der Waals surface area contributed by atoms with Crippen LogP contribution < -0.4 is 0 Å². The summed E-state index contributed by atoms with van der Waals surface area (Å²) in [4.78, 5) is 0. The van der Waals surface area contributed by atoms with Crippen molar-refractivity contribution in [1.82, 2.24) is 10.2 Å². The van der Waals surface area contributed by atoms with Gasteiger partial charge in [-0.1, -0.05) is 53.2 Å². The van der Waals surface area contributed by atoms with Gasteiger partial charge in [0.15, 0.2) is 0 Å². The van der Waals surface area contributed by atoms with Crippen LogP contribution in [0.15, 0.2) is 52.1 Å². The van der Waals surface area contributed by atoms with Crippen molar-refractivity contribution in [1.29, 1.82) is 0 Å². The molecule has 0 radical (unpaired) electrons. The summed E-state index contributed by atoms with van der Waals surface area (Å²) in [6, 6.07) is 11.8. The van der Waals surface area contributed by atoms with Crippen LogP contribution in [0.2, 0.25) is 10.0 Å². The molecular formula is C15H9Cl2FN2OS. The van der Waals surface area contributed by atoms with Crippen molar-refractivity contribution in [2.75, 3.05) is 0 Å². The summed E-state index contributed by atoms with van der Waals surface area (Å²) < 4.78 is 19.2. The number of hydrogen-bond donors (Lipinski definition) is 0. The third-order valence-electron chi connectivity index (χ3n) is 2.91. The summed E-state index contributed by atoms with van der Waals surface area (Å²) in [6.45, 7) is 0. The molecule has 0 aliphatic rings. The molecule has 112 valence electrons. The Hall–Kier alpha value is -1.56. The lowest BCUT2D eigenvalue weighted by Crippen LogP contribution is -1.88. The standard InChI is InChI=1S/C15H9Cl2FN2OS/c16-11-5-2-1-4-9(11)14-19-20-15(21-14)22-8-10-12(17)6-3-7-13(10)18/h1-7H,8H2. The fraction of sp³-hybridized carbons (Fsp3) is 0.0667. The molecule has 22 heavy (non-hydrogen) atoms. The molecule has 0 N–H and O–H groups in total. The topological polar surface area (TPSA) is 38.9 Å². The maximum Gasteiger partial charge on any atom is 0.277 e. The van der Waals surface area contributed by atoms with Crippen LogP contribution in [0.4, 0.5) is 4.39 Å². The zero-order chi connectivity index (χ0) is 15.5. The Bertz CT molecular complexity index is 789. The predicted octanol–water partition coefficient (Wildman–Crippen LogP) is 5.47. The van der Waals surface area contributed by atoms with Gasteiger partial charge in [0.25, 0.3) is 5.22 Å². The highest BCUT2D eigenvalue weighted by atomic mass is 35.5. The molecule has 0 saturated heterocycles. The van der Waals surface area contributed by atoms with E-state index in [-0.39, 0.29) is 5.82 Å². The second kappa shape index (κ2) is 6.69. The number of thioether (sulfide) groups is 1. The number of benzene rings is 2. The van der Waals surface area contributed by atoms with E-state index in [4.69, 9.17) is 27.6 Å². The summed E-state index contributed by atoms with van der Waals surface area (Å²) in [5.41, 5.74) is 1.07. The van der Waals surface area contributed by atoms with E-state index in [0.29, 0.717) is 38.0 Å². The molecule has 0 amide bonds. The number of nitrogens with zero attached hydrogens (tertiary/aromatic N) is 2. The highest BCUT2D eigenvalue weighted by molar-refractivity contribution is 7.98. The van der Waals surface area contributed by atoms with E-state index in [1.165, 1.54) is 17.8 Å². The van der Waals surface area contributed by atoms with Crippen LogP contribution in [0.1, 0.15) is 5.56 Å². The van der Waals surface area contributed by atoms with Crippen LogP contribution in [0.5, 0.6) is 0 Å². The van der Waals surface area contributed by atoms with Crippen LogP contribution >= 0.6 is 35.0 Å². The first-order valence-corrected chi connectivity index (χ1v) is 8.03. The monoisotopic (exact) mass is 354 g/mol. The fourth-order valence-corrected chi connectivity index (χ4v) is 3.14. The first-order chi connectivity index (χ1) is 10.6. The molecule has 0 fully saturated rings. The minimum Gasteiger partial charge on any atom is -0.411 e. The van der Waals surface area contributed by atoms with Crippen molar-refractivity contribution < 1.29 is 8.81 Å². The van der Waals surface area contributed by atoms with E-state index in [1.54, 1.807) is 24.3 Å². The highest BCUT2D eigenvalue weighted by Crippen LogP contribution is 2.31. The second-order valence-corrected chi connectivity index (χ2v) is 6.08. The van der Waals surface area contributed by atoms with E-state index in [0.717, 1.165) is 0 Å². The van der Waals surface area contributed by atoms with E-state index < -0.39 is 0 Å². The Balaban J connectivity index is 1.77. The van der Waals surface area contributed by atoms with Gasteiger partial charge in [-0.15, -0.1) is 10.2 Å². The van der Waals surface area contributed by atoms with Gasteiger partial charge >= 0.3 is 0 Å². The van der Waals surface area contributed by atoms with Gasteiger partial charge in [-0.2, -0.15) is 0 Å². The zero-order valence-electron chi connectivity index (χ0n) is 11.1. The molecule has 0 unspecified atom stereocenters. The minimum atomic E-state index is -0.356. The Labute approximate surface area is 140 Å². The molecule has 0 spiro atoms. The predicted molar refractivity (Wildman–Crippen MR) is 85.7 cm³/mol. The molecule has 0 atom stereocenters. The highest BCUT2D eigenvalue weighted by Gasteiger charge is 2.14. The van der Waals surface area contributed by atoms with E-state index in [2.05, 4.69) is 10.2 Å². The number of aromatic nitrogens is 2. The molecular weight excluding hydrogens is 346 g/mol. The molecule has 1 heterocycles. The zero-order valence-corrected chi connectivity index (χ0v) is 13.4. The first kappa shape index (κ1) is 15.3. The van der Waals surface area contributed by atoms with Gasteiger partial charge < -0.3 is 4.42 Å². The van der Waals surface area contributed by atoms with E-state index >= 15 is 0 Å². The van der Waals surface area contributed by atoms with Gasteiger partial charge in [0.1, 0.15) is 5.82 Å². The van der Waals surface area contributed by atoms with Crippen LogP contribution in [0, 0.1) is 5.82 Å². The summed E-state index contributed by atoms with van der Waals surface area (Å²) in [6.07, 6.45) is 0. The summed E-state index contributed by atoms with van der Waals surface area (Å²) in [7, 11) is 0. The average molecular weight is 355 g/mol. The Kier molecular flexibility index (Phi) is 4.66. The van der Waals surface area contributed by atoms with Gasteiger partial charge in [0.05, 0.1) is 10.6 Å². The van der Waals surface area contributed by atoms with Crippen LogP contribution in [0.25, 0.3) is 11.5 Å². The summed E-state index contributed by atoms with van der Waals surface area (Å²) in [5, 5.41) is 9.12. The van der Waals surface area contributed by atoms with Crippen molar-refractivity contribution >= 4 is 35.0 Å². The number of rotatable bonds is 4. The molecule has 3 aromatic rings. The molecule has 0 aliphatic carbocycles. The molecule has 0 aliphatic heterocycles. The Morgan fingerprint density at radius 3 is 2.55 bits per heavy atom. The maximum absolute atomic E-state index is 13.7. The summed E-state index contributed by atoms with van der Waals surface area (Å²) >= 11 is 13.3. The van der Waals surface area contributed by atoms with Crippen LogP contribution in [-0.2, 0) is 5.75 Å². The Morgan fingerprint density at radius 1 is 1.00 bits per heavy atom. The lowest BCUT2D eigenvalue weighted by molar-refractivity contribution is 0.466. The quantitative estimate of drug-likeness (QED) is 0.582. The lowest BCUT2D eigenvalue weighted by atomic mass is 10.2. The van der Waals surface area contributed by atoms with Gasteiger partial charge in [0.2, 0.25) is 5.89 Å². The van der Waals surface area contributed by atoms with Gasteiger partial charge in [-0.3, -0.25) is 0 Å². The smallest absolute Gasteiger partial charge is 0.277 e. The average Bonchev–Trinajstić information content (AvgIpc) is 2.96. The molecule has 0 saturated carbocycles. The molecule has 3 rings (SSSR count). The molecule has 2 aromatic carbocycles. The van der Waals surface area contributed by atoms with Crippen molar-refractivity contribution in [3.8, 4) is 11.5 Å². The van der Waals surface area contributed by atoms with Gasteiger partial charge in [0, 0.05) is 16.3 Å². The lowest BCUT2D eigenvalue weighted by Gasteiger charge is -2.03. The van der Waals surface area contributed by atoms with Gasteiger partial charge in [-0.25, -0.2) is 4.39 Å². The molecule has 3 nitrogen and oxygen atoms in total. The van der Waals surface area contributed by atoms with Crippen LogP contribution in [-0.4, -0.2) is 10.2 Å². The number of hydrogen-bond acceptors (Lipinski definition) is 4. The third-order valence-corrected chi connectivity index (χ3v) is 4.44. The van der Waals surface area contributed by atoms with Crippen LogP contribution in [0.3, 0.4) is 0 Å². The van der Waals surface area contributed by atoms with Crippen molar-refractivity contribution in [2.24, 2.45) is 0 Å². The van der Waals surface area contributed by atoms with Crippen molar-refractivity contribution in [3.05, 3.63) is 63.9 Å². The number of halogens is 3. The first-order valence-electron chi connectivity index (χ1n) is 6.29. The molecule has 7 heteroatoms. The fourth-order valence-electron chi connectivity index (χ4n) is 1.82. The van der Waals surface area contributed by atoms with Gasteiger partial charge in [-0.05, 0) is 24.3 Å². The molecule has 0 bridgehead atoms. The largest absolute Gasteiger partial charge is 0.411 e.